The molecule has 0 aliphatic carbocycles. The normalized spacial score (nSPS) is 10.3. The molecule has 0 atom stereocenters. The second-order valence-corrected chi connectivity index (χ2v) is 4.29. The Morgan fingerprint density at radius 3 is 1.83 bits per heavy atom. The highest BCUT2D eigenvalue weighted by molar-refractivity contribution is 5.68. The van der Waals surface area contributed by atoms with Crippen molar-refractivity contribution in [2.45, 2.75) is 25.4 Å². The molecule has 0 unspecified atom stereocenters. The van der Waals surface area contributed by atoms with Gasteiger partial charge in [-0.15, -0.1) is 26.3 Å². The second-order valence-electron chi connectivity index (χ2n) is 4.29. The number of carbonyl (C=O) groups excluding carboxylic acids is 1. The van der Waals surface area contributed by atoms with Gasteiger partial charge in [0.2, 0.25) is 0 Å². The smallest absolute Gasteiger partial charge is 0.410 e. The number of carbonyl (C=O) groups is 1. The van der Waals surface area contributed by atoms with E-state index in [-0.39, 0.29) is 6.09 Å². The fourth-order valence-corrected chi connectivity index (χ4v) is 1.59. The molecule has 1 amide bonds. The molecular formula is C15H23NO2. The Kier molecular flexibility index (Phi) is 7.52. The van der Waals surface area contributed by atoms with Crippen LogP contribution in [0.3, 0.4) is 0 Å². The summed E-state index contributed by atoms with van der Waals surface area (Å²) < 4.78 is 5.54. The Balaban J connectivity index is 4.72. The molecule has 0 aromatic rings. The maximum atomic E-state index is 12.0. The molecule has 100 valence electrons. The van der Waals surface area contributed by atoms with Crippen molar-refractivity contribution in [3.63, 3.8) is 0 Å². The molecule has 0 spiro atoms. The standard InChI is InChI=1S/C15H23NO2/c1-6-10-15(5,11-7-2)18-14(17)16(12-8-3)13-9-4/h6-9H,1-4,10-13H2,5H3. The van der Waals surface area contributed by atoms with Crippen LogP contribution in [-0.2, 0) is 4.74 Å². The van der Waals surface area contributed by atoms with Crippen LogP contribution in [0.15, 0.2) is 50.6 Å². The van der Waals surface area contributed by atoms with Crippen LogP contribution in [0.5, 0.6) is 0 Å². The van der Waals surface area contributed by atoms with Crippen LogP contribution in [0.25, 0.3) is 0 Å². The van der Waals surface area contributed by atoms with Crippen LogP contribution in [-0.4, -0.2) is 29.7 Å². The Bertz CT molecular complexity index is 300. The third-order valence-corrected chi connectivity index (χ3v) is 2.44. The highest BCUT2D eigenvalue weighted by Gasteiger charge is 2.28. The lowest BCUT2D eigenvalue weighted by atomic mass is 9.98. The van der Waals surface area contributed by atoms with Gasteiger partial charge in [0, 0.05) is 25.9 Å². The van der Waals surface area contributed by atoms with Crippen molar-refractivity contribution in [2.75, 3.05) is 13.1 Å². The molecular weight excluding hydrogens is 226 g/mol. The van der Waals surface area contributed by atoms with Gasteiger partial charge in [-0.25, -0.2) is 4.79 Å². The van der Waals surface area contributed by atoms with E-state index >= 15 is 0 Å². The van der Waals surface area contributed by atoms with Crippen molar-refractivity contribution in [1.82, 2.24) is 4.90 Å². The summed E-state index contributed by atoms with van der Waals surface area (Å²) in [4.78, 5) is 13.6. The SMILES string of the molecule is C=CCN(CC=C)C(=O)OC(C)(CC=C)CC=C. The molecule has 0 N–H and O–H groups in total. The first-order valence-electron chi connectivity index (χ1n) is 5.94. The summed E-state index contributed by atoms with van der Waals surface area (Å²) in [5, 5.41) is 0. The topological polar surface area (TPSA) is 29.5 Å². The summed E-state index contributed by atoms with van der Waals surface area (Å²) >= 11 is 0. The van der Waals surface area contributed by atoms with E-state index in [9.17, 15) is 4.79 Å². The first-order chi connectivity index (χ1) is 8.52. The minimum atomic E-state index is -0.596. The van der Waals surface area contributed by atoms with Gasteiger partial charge in [-0.3, -0.25) is 0 Å². The van der Waals surface area contributed by atoms with E-state index in [1.807, 2.05) is 6.92 Å². The predicted molar refractivity (Wildman–Crippen MR) is 76.5 cm³/mol. The van der Waals surface area contributed by atoms with Crippen molar-refractivity contribution in [1.29, 1.82) is 0 Å². The Morgan fingerprint density at radius 1 is 1.06 bits per heavy atom. The number of ether oxygens (including phenoxy) is 1. The largest absolute Gasteiger partial charge is 0.442 e. The summed E-state index contributed by atoms with van der Waals surface area (Å²) in [6, 6.07) is 0. The summed E-state index contributed by atoms with van der Waals surface area (Å²) in [5.41, 5.74) is -0.596. The number of rotatable bonds is 9. The Labute approximate surface area is 110 Å². The zero-order valence-corrected chi connectivity index (χ0v) is 11.2. The van der Waals surface area contributed by atoms with E-state index in [1.165, 1.54) is 4.90 Å². The molecule has 0 aromatic heterocycles. The molecule has 0 heterocycles. The zero-order valence-electron chi connectivity index (χ0n) is 11.2. The molecule has 0 rings (SSSR count). The average molecular weight is 249 g/mol. The summed E-state index contributed by atoms with van der Waals surface area (Å²) in [6.07, 6.45) is 7.58. The van der Waals surface area contributed by atoms with Crippen molar-refractivity contribution in [2.24, 2.45) is 0 Å². The van der Waals surface area contributed by atoms with Gasteiger partial charge in [0.25, 0.3) is 0 Å². The van der Waals surface area contributed by atoms with Crippen LogP contribution in [0.4, 0.5) is 4.79 Å². The summed E-state index contributed by atoms with van der Waals surface area (Å²) in [6.45, 7) is 17.3. The molecule has 0 aromatic carbocycles. The lowest BCUT2D eigenvalue weighted by molar-refractivity contribution is 0.00910. The molecule has 0 radical (unpaired) electrons. The van der Waals surface area contributed by atoms with Gasteiger partial charge in [0.1, 0.15) is 5.60 Å². The first-order valence-corrected chi connectivity index (χ1v) is 5.94. The molecule has 0 fully saturated rings. The van der Waals surface area contributed by atoms with Crippen molar-refractivity contribution >= 4 is 6.09 Å². The van der Waals surface area contributed by atoms with Crippen LogP contribution in [0.2, 0.25) is 0 Å². The molecule has 3 heteroatoms. The van der Waals surface area contributed by atoms with E-state index in [4.69, 9.17) is 4.74 Å². The highest BCUT2D eigenvalue weighted by atomic mass is 16.6. The van der Waals surface area contributed by atoms with Crippen molar-refractivity contribution in [3.05, 3.63) is 50.6 Å². The molecule has 0 saturated heterocycles. The molecule has 0 aliphatic heterocycles. The van der Waals surface area contributed by atoms with Crippen LogP contribution < -0.4 is 0 Å². The lowest BCUT2D eigenvalue weighted by Crippen LogP contribution is -2.39. The van der Waals surface area contributed by atoms with E-state index in [0.717, 1.165) is 0 Å². The van der Waals surface area contributed by atoms with E-state index in [0.29, 0.717) is 25.9 Å². The molecule has 0 saturated carbocycles. The summed E-state index contributed by atoms with van der Waals surface area (Å²) in [5.74, 6) is 0. The molecule has 0 bridgehead atoms. The van der Waals surface area contributed by atoms with Gasteiger partial charge in [0.15, 0.2) is 0 Å². The Hall–Kier alpha value is -1.77. The van der Waals surface area contributed by atoms with Gasteiger partial charge in [0.05, 0.1) is 0 Å². The second kappa shape index (κ2) is 8.34. The first kappa shape index (κ1) is 16.2. The average Bonchev–Trinajstić information content (AvgIpc) is 2.29. The lowest BCUT2D eigenvalue weighted by Gasteiger charge is -2.30. The minimum Gasteiger partial charge on any atom is -0.442 e. The van der Waals surface area contributed by atoms with Crippen LogP contribution in [0.1, 0.15) is 19.8 Å². The fraction of sp³-hybridized carbons (Fsp3) is 0.400. The fourth-order valence-electron chi connectivity index (χ4n) is 1.59. The van der Waals surface area contributed by atoms with Crippen LogP contribution in [0, 0.1) is 0 Å². The van der Waals surface area contributed by atoms with E-state index in [1.54, 1.807) is 24.3 Å². The van der Waals surface area contributed by atoms with Crippen molar-refractivity contribution < 1.29 is 9.53 Å². The quantitative estimate of drug-likeness (QED) is 0.583. The number of hydrogen-bond acceptors (Lipinski definition) is 2. The third kappa shape index (κ3) is 5.53. The third-order valence-electron chi connectivity index (χ3n) is 2.44. The monoisotopic (exact) mass is 249 g/mol. The van der Waals surface area contributed by atoms with Gasteiger partial charge in [-0.05, 0) is 6.92 Å². The molecule has 18 heavy (non-hydrogen) atoms. The maximum Gasteiger partial charge on any atom is 0.410 e. The predicted octanol–water partition coefficient (Wildman–Crippen LogP) is 3.71. The summed E-state index contributed by atoms with van der Waals surface area (Å²) in [7, 11) is 0. The number of hydrogen-bond donors (Lipinski definition) is 0. The van der Waals surface area contributed by atoms with Crippen LogP contribution >= 0.6 is 0 Å². The van der Waals surface area contributed by atoms with Crippen molar-refractivity contribution in [3.8, 4) is 0 Å². The molecule has 3 nitrogen and oxygen atoms in total. The number of amides is 1. The minimum absolute atomic E-state index is 0.374. The van der Waals surface area contributed by atoms with E-state index in [2.05, 4.69) is 26.3 Å². The van der Waals surface area contributed by atoms with Gasteiger partial charge < -0.3 is 9.64 Å². The maximum absolute atomic E-state index is 12.0. The zero-order chi connectivity index (χ0) is 14.0. The van der Waals surface area contributed by atoms with Gasteiger partial charge in [-0.2, -0.15) is 0 Å². The molecule has 0 aliphatic rings. The Morgan fingerprint density at radius 2 is 1.50 bits per heavy atom. The van der Waals surface area contributed by atoms with Gasteiger partial charge in [-0.1, -0.05) is 24.3 Å². The highest BCUT2D eigenvalue weighted by Crippen LogP contribution is 2.22. The van der Waals surface area contributed by atoms with E-state index < -0.39 is 5.60 Å². The number of nitrogens with zero attached hydrogens (tertiary/aromatic N) is 1. The van der Waals surface area contributed by atoms with Gasteiger partial charge >= 0.3 is 6.09 Å².